The van der Waals surface area contributed by atoms with Gasteiger partial charge in [-0.15, -0.1) is 5.54 Å². The molecule has 1 fully saturated rings. The highest BCUT2D eigenvalue weighted by atomic mass is 35.5. The summed E-state index contributed by atoms with van der Waals surface area (Å²) >= 11 is 6.43. The predicted octanol–water partition coefficient (Wildman–Crippen LogP) is 7.48. The van der Waals surface area contributed by atoms with Gasteiger partial charge in [-0.3, -0.25) is 0 Å². The molecule has 0 radical (unpaired) electrons. The molecule has 0 aromatic heterocycles. The van der Waals surface area contributed by atoms with Crippen molar-refractivity contribution in [1.29, 1.82) is 0 Å². The van der Waals surface area contributed by atoms with E-state index in [9.17, 15) is 0 Å². The van der Waals surface area contributed by atoms with E-state index >= 15 is 4.39 Å². The molecular formula is C29H41BClFO4Si. The van der Waals surface area contributed by atoms with Crippen molar-refractivity contribution in [3.05, 3.63) is 34.6 Å². The topological polar surface area (TPSA) is 36.9 Å². The number of fused-ring (bicyclic) bond motifs is 1. The first kappa shape index (κ1) is 30.0. The lowest BCUT2D eigenvalue weighted by atomic mass is 9.74. The van der Waals surface area contributed by atoms with Crippen LogP contribution in [0.2, 0.25) is 21.6 Å². The Balaban J connectivity index is 2.37. The summed E-state index contributed by atoms with van der Waals surface area (Å²) in [6.45, 7) is 21.5. The van der Waals surface area contributed by atoms with Crippen molar-refractivity contribution in [1.82, 2.24) is 0 Å². The summed E-state index contributed by atoms with van der Waals surface area (Å²) < 4.78 is 39.5. The molecule has 3 rings (SSSR count). The van der Waals surface area contributed by atoms with Gasteiger partial charge in [-0.1, -0.05) is 59.1 Å². The number of halogens is 2. The van der Waals surface area contributed by atoms with E-state index in [0.29, 0.717) is 38.6 Å². The van der Waals surface area contributed by atoms with Crippen molar-refractivity contribution in [2.45, 2.75) is 97.1 Å². The van der Waals surface area contributed by atoms with E-state index in [4.69, 9.17) is 30.4 Å². The Hall–Kier alpha value is -1.56. The van der Waals surface area contributed by atoms with Crippen molar-refractivity contribution in [3.63, 3.8) is 0 Å². The number of benzene rings is 2. The molecule has 1 heterocycles. The first-order chi connectivity index (χ1) is 17.1. The summed E-state index contributed by atoms with van der Waals surface area (Å²) in [5.41, 5.74) is 4.69. The molecule has 0 atom stereocenters. The van der Waals surface area contributed by atoms with Gasteiger partial charge in [0.25, 0.3) is 0 Å². The molecular weight excluding hydrogens is 506 g/mol. The molecule has 0 saturated carbocycles. The lowest BCUT2D eigenvalue weighted by molar-refractivity contribution is 0.00578. The first-order valence-electron chi connectivity index (χ1n) is 13.0. The van der Waals surface area contributed by atoms with Crippen LogP contribution in [0, 0.1) is 17.3 Å². The largest absolute Gasteiger partial charge is 0.495 e. The minimum atomic E-state index is -2.14. The number of hydrogen-bond acceptors (Lipinski definition) is 4. The molecule has 0 N–H and O–H groups in total. The van der Waals surface area contributed by atoms with E-state index < -0.39 is 32.2 Å². The van der Waals surface area contributed by atoms with Gasteiger partial charge in [-0.2, -0.15) is 0 Å². The van der Waals surface area contributed by atoms with Crippen molar-refractivity contribution < 1.29 is 23.2 Å². The van der Waals surface area contributed by atoms with Gasteiger partial charge in [0.2, 0.25) is 0 Å². The van der Waals surface area contributed by atoms with E-state index in [-0.39, 0.29) is 17.4 Å². The zero-order valence-electron chi connectivity index (χ0n) is 24.1. The van der Waals surface area contributed by atoms with Gasteiger partial charge >= 0.3 is 7.12 Å². The van der Waals surface area contributed by atoms with Crippen molar-refractivity contribution >= 4 is 43.0 Å². The first-order valence-corrected chi connectivity index (χ1v) is 15.7. The van der Waals surface area contributed by atoms with Crippen LogP contribution in [-0.2, 0) is 14.0 Å². The van der Waals surface area contributed by atoms with Crippen LogP contribution >= 0.6 is 11.6 Å². The van der Waals surface area contributed by atoms with Crippen LogP contribution in [0.25, 0.3) is 10.8 Å². The summed E-state index contributed by atoms with van der Waals surface area (Å²) in [6, 6.07) is 5.28. The lowest BCUT2D eigenvalue weighted by Crippen LogP contribution is -2.43. The summed E-state index contributed by atoms with van der Waals surface area (Å²) in [4.78, 5) is 0. The van der Waals surface area contributed by atoms with E-state index in [1.165, 1.54) is 0 Å². The van der Waals surface area contributed by atoms with Gasteiger partial charge in [-0.25, -0.2) is 4.39 Å². The Morgan fingerprint density at radius 3 is 2.00 bits per heavy atom. The van der Waals surface area contributed by atoms with Crippen LogP contribution in [0.5, 0.6) is 5.75 Å². The van der Waals surface area contributed by atoms with Gasteiger partial charge < -0.3 is 18.8 Å². The average molecular weight is 547 g/mol. The highest BCUT2D eigenvalue weighted by Crippen LogP contribution is 2.42. The smallest absolute Gasteiger partial charge is 0.468 e. The van der Waals surface area contributed by atoms with E-state index in [2.05, 4.69) is 53.0 Å². The zero-order chi connectivity index (χ0) is 27.9. The third-order valence-corrected chi connectivity index (χ3v) is 14.8. The highest BCUT2D eigenvalue weighted by Gasteiger charge is 2.52. The molecule has 37 heavy (non-hydrogen) atoms. The second-order valence-corrected chi connectivity index (χ2v) is 17.9. The molecule has 4 nitrogen and oxygen atoms in total. The number of rotatable bonds is 7. The van der Waals surface area contributed by atoms with E-state index in [1.807, 2.05) is 39.8 Å². The normalized spacial score (nSPS) is 17.1. The SMILES string of the molecule is COCOc1cc(B2OC(C)(C)C(C)(C)O2)c2c(C#C[Si](C(C)C)(C(C)C)C(C)C)c(F)c(Cl)cc2c1. The third kappa shape index (κ3) is 5.47. The maximum Gasteiger partial charge on any atom is 0.495 e. The second kappa shape index (κ2) is 10.9. The second-order valence-electron chi connectivity index (χ2n) is 11.9. The Morgan fingerprint density at radius 1 is 0.973 bits per heavy atom. The summed E-state index contributed by atoms with van der Waals surface area (Å²) in [7, 11) is -1.31. The molecule has 202 valence electrons. The molecule has 0 aliphatic carbocycles. The lowest BCUT2D eigenvalue weighted by Gasteiger charge is -2.38. The average Bonchev–Trinajstić information content (AvgIpc) is 3.00. The molecule has 2 aromatic rings. The minimum absolute atomic E-state index is 0.0199. The van der Waals surface area contributed by atoms with Crippen LogP contribution in [0.3, 0.4) is 0 Å². The fourth-order valence-corrected chi connectivity index (χ4v) is 11.0. The third-order valence-electron chi connectivity index (χ3n) is 8.25. The summed E-state index contributed by atoms with van der Waals surface area (Å²) in [5.74, 6) is 3.35. The monoisotopic (exact) mass is 546 g/mol. The number of ether oxygens (including phenoxy) is 2. The maximum atomic E-state index is 15.8. The summed E-state index contributed by atoms with van der Waals surface area (Å²) in [6.07, 6.45) is 0. The Labute approximate surface area is 228 Å². The highest BCUT2D eigenvalue weighted by molar-refractivity contribution is 6.90. The van der Waals surface area contributed by atoms with Crippen molar-refractivity contribution in [2.75, 3.05) is 13.9 Å². The Morgan fingerprint density at radius 2 is 1.51 bits per heavy atom. The molecule has 0 spiro atoms. The Kier molecular flexibility index (Phi) is 8.84. The fraction of sp³-hybridized carbons (Fsp3) is 0.586. The predicted molar refractivity (Wildman–Crippen MR) is 155 cm³/mol. The molecule has 0 unspecified atom stereocenters. The molecule has 0 amide bonds. The number of methoxy groups -OCH3 is 1. The number of hydrogen-bond donors (Lipinski definition) is 0. The van der Waals surface area contributed by atoms with Gasteiger partial charge in [0.05, 0.1) is 21.8 Å². The molecule has 0 bridgehead atoms. The molecule has 8 heteroatoms. The molecule has 2 aromatic carbocycles. The van der Waals surface area contributed by atoms with Crippen LogP contribution in [0.4, 0.5) is 4.39 Å². The standard InChI is InChI=1S/C29H41BClFO4Si/c1-18(2)37(19(3)4,20(5)6)13-12-23-26-21(15-25(31)27(23)32)14-22(34-17-33-11)16-24(26)30-35-28(7,8)29(9,10)36-30/h14-16,18-20H,17H2,1-11H3. The molecule has 1 saturated heterocycles. The van der Waals surface area contributed by atoms with Crippen LogP contribution in [-0.4, -0.2) is 40.3 Å². The van der Waals surface area contributed by atoms with Gasteiger partial charge in [-0.05, 0) is 73.4 Å². The maximum absolute atomic E-state index is 15.8. The zero-order valence-corrected chi connectivity index (χ0v) is 25.9. The van der Waals surface area contributed by atoms with Gasteiger partial charge in [0.1, 0.15) is 13.8 Å². The summed E-state index contributed by atoms with van der Waals surface area (Å²) in [5, 5.41) is 1.36. The molecule has 1 aliphatic heterocycles. The van der Waals surface area contributed by atoms with Crippen LogP contribution in [0.1, 0.15) is 74.8 Å². The van der Waals surface area contributed by atoms with Crippen LogP contribution < -0.4 is 10.2 Å². The van der Waals surface area contributed by atoms with Gasteiger partial charge in [0, 0.05) is 12.5 Å². The van der Waals surface area contributed by atoms with Crippen molar-refractivity contribution in [3.8, 4) is 17.2 Å². The molecule has 1 aliphatic rings. The van der Waals surface area contributed by atoms with Crippen LogP contribution in [0.15, 0.2) is 18.2 Å². The Bertz CT molecular complexity index is 1180. The fourth-order valence-electron chi connectivity index (χ4n) is 5.58. The van der Waals surface area contributed by atoms with Crippen molar-refractivity contribution in [2.24, 2.45) is 0 Å². The van der Waals surface area contributed by atoms with Gasteiger partial charge in [0.15, 0.2) is 12.6 Å². The quantitative estimate of drug-likeness (QED) is 0.205. The van der Waals surface area contributed by atoms with E-state index in [0.717, 1.165) is 0 Å². The van der Waals surface area contributed by atoms with E-state index in [1.54, 1.807) is 13.2 Å². The minimum Gasteiger partial charge on any atom is -0.468 e.